The molecule has 3 rings (SSSR count). The van der Waals surface area contributed by atoms with Gasteiger partial charge in [-0.25, -0.2) is 0 Å². The molecule has 1 N–H and O–H groups in total. The van der Waals surface area contributed by atoms with Gasteiger partial charge in [-0.2, -0.15) is 0 Å². The molecule has 2 unspecified atom stereocenters. The SMILES string of the molecule is CCC1CN(CC(NC)c2ccc3c(c2)OCO3)CCO1. The number of nitrogens with one attached hydrogen (secondary N) is 1. The molecule has 2 aliphatic rings. The number of nitrogens with zero attached hydrogens (tertiary/aromatic N) is 1. The monoisotopic (exact) mass is 292 g/mol. The fourth-order valence-electron chi connectivity index (χ4n) is 2.94. The molecule has 0 radical (unpaired) electrons. The Morgan fingerprint density at radius 1 is 1.33 bits per heavy atom. The van der Waals surface area contributed by atoms with Gasteiger partial charge in [-0.05, 0) is 31.2 Å². The van der Waals surface area contributed by atoms with Gasteiger partial charge in [-0.15, -0.1) is 0 Å². The first-order valence-corrected chi connectivity index (χ1v) is 7.71. The molecular weight excluding hydrogens is 268 g/mol. The second-order valence-corrected chi connectivity index (χ2v) is 5.61. The topological polar surface area (TPSA) is 43.0 Å². The molecule has 0 spiro atoms. The average molecular weight is 292 g/mol. The van der Waals surface area contributed by atoms with Gasteiger partial charge < -0.3 is 19.5 Å². The summed E-state index contributed by atoms with van der Waals surface area (Å²) < 4.78 is 16.6. The molecule has 0 bridgehead atoms. The number of hydrogen-bond acceptors (Lipinski definition) is 5. The van der Waals surface area contributed by atoms with Crippen molar-refractivity contribution in [2.75, 3.05) is 40.1 Å². The van der Waals surface area contributed by atoms with Crippen LogP contribution in [0.5, 0.6) is 11.5 Å². The van der Waals surface area contributed by atoms with Gasteiger partial charge in [0.05, 0.1) is 12.7 Å². The van der Waals surface area contributed by atoms with Crippen molar-refractivity contribution in [1.29, 1.82) is 0 Å². The first-order valence-electron chi connectivity index (χ1n) is 7.71. The third-order valence-electron chi connectivity index (χ3n) is 4.27. The second kappa shape index (κ2) is 6.64. The van der Waals surface area contributed by atoms with Gasteiger partial charge in [0.15, 0.2) is 11.5 Å². The number of hydrogen-bond donors (Lipinski definition) is 1. The first kappa shape index (κ1) is 14.6. The summed E-state index contributed by atoms with van der Waals surface area (Å²) in [6.07, 6.45) is 1.44. The van der Waals surface area contributed by atoms with Gasteiger partial charge >= 0.3 is 0 Å². The number of likely N-dealkylation sites (N-methyl/N-ethyl adjacent to an activating group) is 1. The molecule has 116 valence electrons. The third kappa shape index (κ3) is 3.31. The summed E-state index contributed by atoms with van der Waals surface area (Å²) in [7, 11) is 2.01. The molecule has 1 saturated heterocycles. The second-order valence-electron chi connectivity index (χ2n) is 5.61. The Labute approximate surface area is 126 Å². The zero-order valence-corrected chi connectivity index (χ0v) is 12.8. The van der Waals surface area contributed by atoms with Crippen LogP contribution in [0.25, 0.3) is 0 Å². The lowest BCUT2D eigenvalue weighted by atomic mass is 10.0. The van der Waals surface area contributed by atoms with Crippen molar-refractivity contribution in [3.8, 4) is 11.5 Å². The predicted octanol–water partition coefficient (Wildman–Crippen LogP) is 1.79. The largest absolute Gasteiger partial charge is 0.454 e. The number of fused-ring (bicyclic) bond motifs is 1. The van der Waals surface area contributed by atoms with Crippen LogP contribution in [0.2, 0.25) is 0 Å². The molecule has 1 fully saturated rings. The Balaban J connectivity index is 1.67. The molecule has 0 amide bonds. The van der Waals surface area contributed by atoms with Crippen molar-refractivity contribution in [1.82, 2.24) is 10.2 Å². The maximum absolute atomic E-state index is 5.74. The van der Waals surface area contributed by atoms with Crippen molar-refractivity contribution >= 4 is 0 Å². The Morgan fingerprint density at radius 2 is 2.19 bits per heavy atom. The van der Waals surface area contributed by atoms with E-state index in [1.54, 1.807) is 0 Å². The smallest absolute Gasteiger partial charge is 0.231 e. The summed E-state index contributed by atoms with van der Waals surface area (Å²) in [5, 5.41) is 3.41. The minimum Gasteiger partial charge on any atom is -0.454 e. The van der Waals surface area contributed by atoms with Gasteiger partial charge in [0.2, 0.25) is 6.79 Å². The summed E-state index contributed by atoms with van der Waals surface area (Å²) in [4.78, 5) is 2.48. The van der Waals surface area contributed by atoms with Gasteiger partial charge in [0.1, 0.15) is 0 Å². The fraction of sp³-hybridized carbons (Fsp3) is 0.625. The van der Waals surface area contributed by atoms with Crippen LogP contribution in [0.3, 0.4) is 0 Å². The first-order chi connectivity index (χ1) is 10.3. The van der Waals surface area contributed by atoms with Crippen molar-refractivity contribution in [2.24, 2.45) is 0 Å². The minimum absolute atomic E-state index is 0.287. The highest BCUT2D eigenvalue weighted by Crippen LogP contribution is 2.34. The predicted molar refractivity (Wildman–Crippen MR) is 80.8 cm³/mol. The van der Waals surface area contributed by atoms with E-state index in [2.05, 4.69) is 29.3 Å². The maximum atomic E-state index is 5.74. The lowest BCUT2D eigenvalue weighted by molar-refractivity contribution is -0.0320. The van der Waals surface area contributed by atoms with Gasteiger partial charge in [-0.1, -0.05) is 13.0 Å². The molecule has 5 heteroatoms. The highest BCUT2D eigenvalue weighted by atomic mass is 16.7. The summed E-state index contributed by atoms with van der Waals surface area (Å²) in [5.74, 6) is 1.69. The zero-order chi connectivity index (χ0) is 14.7. The highest BCUT2D eigenvalue weighted by Gasteiger charge is 2.23. The molecule has 0 aliphatic carbocycles. The fourth-order valence-corrected chi connectivity index (χ4v) is 2.94. The van der Waals surface area contributed by atoms with E-state index >= 15 is 0 Å². The van der Waals surface area contributed by atoms with Crippen molar-refractivity contribution in [2.45, 2.75) is 25.5 Å². The Morgan fingerprint density at radius 3 is 3.00 bits per heavy atom. The number of rotatable bonds is 5. The van der Waals surface area contributed by atoms with Crippen LogP contribution in [0.15, 0.2) is 18.2 Å². The van der Waals surface area contributed by atoms with Gasteiger partial charge in [0.25, 0.3) is 0 Å². The van der Waals surface area contributed by atoms with Crippen LogP contribution in [-0.4, -0.2) is 51.1 Å². The molecule has 1 aromatic rings. The third-order valence-corrected chi connectivity index (χ3v) is 4.27. The molecule has 2 heterocycles. The number of morpholine rings is 1. The van der Waals surface area contributed by atoms with E-state index in [0.29, 0.717) is 12.9 Å². The molecular formula is C16H24N2O3. The van der Waals surface area contributed by atoms with E-state index in [1.165, 1.54) is 5.56 Å². The lowest BCUT2D eigenvalue weighted by Crippen LogP contribution is -2.45. The quantitative estimate of drug-likeness (QED) is 0.896. The molecule has 21 heavy (non-hydrogen) atoms. The van der Waals surface area contributed by atoms with Crippen LogP contribution in [-0.2, 0) is 4.74 Å². The zero-order valence-electron chi connectivity index (χ0n) is 12.8. The van der Waals surface area contributed by atoms with Crippen LogP contribution < -0.4 is 14.8 Å². The van der Waals surface area contributed by atoms with Crippen LogP contribution in [0.1, 0.15) is 24.9 Å². The summed E-state index contributed by atoms with van der Waals surface area (Å²) in [6.45, 7) is 6.33. The lowest BCUT2D eigenvalue weighted by Gasteiger charge is -2.34. The van der Waals surface area contributed by atoms with Crippen LogP contribution in [0.4, 0.5) is 0 Å². The normalized spacial score (nSPS) is 23.2. The Hall–Kier alpha value is -1.30. The van der Waals surface area contributed by atoms with E-state index in [0.717, 1.165) is 44.2 Å². The summed E-state index contributed by atoms with van der Waals surface area (Å²) in [5.41, 5.74) is 1.24. The molecule has 0 aromatic heterocycles. The van der Waals surface area contributed by atoms with Gasteiger partial charge in [-0.3, -0.25) is 4.90 Å². The Kier molecular flexibility index (Phi) is 4.63. The average Bonchev–Trinajstić information content (AvgIpc) is 3.00. The summed E-state index contributed by atoms with van der Waals surface area (Å²) in [6, 6.07) is 6.49. The van der Waals surface area contributed by atoms with Crippen molar-refractivity contribution < 1.29 is 14.2 Å². The standard InChI is InChI=1S/C16H24N2O3/c1-3-13-9-18(6-7-19-13)10-14(17-2)12-4-5-15-16(8-12)21-11-20-15/h4-5,8,13-14,17H,3,6-7,9-11H2,1-2H3. The van der Waals surface area contributed by atoms with Crippen molar-refractivity contribution in [3.63, 3.8) is 0 Å². The van der Waals surface area contributed by atoms with E-state index in [9.17, 15) is 0 Å². The van der Waals surface area contributed by atoms with Crippen LogP contribution in [0, 0.1) is 0 Å². The highest BCUT2D eigenvalue weighted by molar-refractivity contribution is 5.45. The van der Waals surface area contributed by atoms with Crippen molar-refractivity contribution in [3.05, 3.63) is 23.8 Å². The van der Waals surface area contributed by atoms with E-state index < -0.39 is 0 Å². The van der Waals surface area contributed by atoms with E-state index in [1.807, 2.05) is 13.1 Å². The number of ether oxygens (including phenoxy) is 3. The van der Waals surface area contributed by atoms with E-state index in [-0.39, 0.29) is 6.04 Å². The Bertz CT molecular complexity index is 481. The van der Waals surface area contributed by atoms with E-state index in [4.69, 9.17) is 14.2 Å². The minimum atomic E-state index is 0.287. The van der Waals surface area contributed by atoms with Crippen LogP contribution >= 0.6 is 0 Å². The summed E-state index contributed by atoms with van der Waals surface area (Å²) >= 11 is 0. The van der Waals surface area contributed by atoms with Gasteiger partial charge in [0, 0.05) is 25.7 Å². The molecule has 0 saturated carbocycles. The molecule has 5 nitrogen and oxygen atoms in total. The maximum Gasteiger partial charge on any atom is 0.231 e. The molecule has 1 aromatic carbocycles. The molecule has 2 aliphatic heterocycles. The molecule has 2 atom stereocenters. The number of benzene rings is 1.